The molecule has 0 aromatic carbocycles. The van der Waals surface area contributed by atoms with Gasteiger partial charge >= 0.3 is 0 Å². The Bertz CT molecular complexity index is 143. The van der Waals surface area contributed by atoms with Crippen LogP contribution in [0.4, 0.5) is 0 Å². The molecule has 6 nitrogen and oxygen atoms in total. The average molecular weight is 180 g/mol. The number of rotatable bonds is 5. The van der Waals surface area contributed by atoms with Gasteiger partial charge in [0, 0.05) is 0 Å². The lowest BCUT2D eigenvalue weighted by Gasteiger charge is -2.29. The second-order valence-corrected chi connectivity index (χ2v) is 2.49. The molecule has 0 aromatic rings. The van der Waals surface area contributed by atoms with Crippen molar-refractivity contribution in [2.24, 2.45) is 0 Å². The molecule has 0 spiro atoms. The fraction of sp³-hybridized carbons (Fsp3) is 0.833. The number of aldehydes is 1. The van der Waals surface area contributed by atoms with E-state index in [4.69, 9.17) is 25.5 Å². The lowest BCUT2D eigenvalue weighted by Crippen LogP contribution is -2.54. The first kappa shape index (κ1) is 11.5. The van der Waals surface area contributed by atoms with E-state index in [9.17, 15) is 4.79 Å². The first-order chi connectivity index (χ1) is 5.51. The van der Waals surface area contributed by atoms with Crippen LogP contribution in [-0.2, 0) is 4.79 Å². The third-order valence-electron chi connectivity index (χ3n) is 1.56. The number of aliphatic hydroxyl groups is 5. The van der Waals surface area contributed by atoms with Gasteiger partial charge in [-0.15, -0.1) is 0 Å². The fourth-order valence-electron chi connectivity index (χ4n) is 0.629. The van der Waals surface area contributed by atoms with Crippen LogP contribution < -0.4 is 0 Å². The topological polar surface area (TPSA) is 118 Å². The van der Waals surface area contributed by atoms with Gasteiger partial charge in [0.25, 0.3) is 0 Å². The summed E-state index contributed by atoms with van der Waals surface area (Å²) < 4.78 is 0. The first-order valence-corrected chi connectivity index (χ1v) is 3.27. The van der Waals surface area contributed by atoms with Crippen molar-refractivity contribution >= 4 is 6.29 Å². The molecule has 0 radical (unpaired) electrons. The van der Waals surface area contributed by atoms with E-state index in [0.29, 0.717) is 0 Å². The number of carbonyl (C=O) groups is 1. The van der Waals surface area contributed by atoms with Crippen LogP contribution in [0.1, 0.15) is 0 Å². The Morgan fingerprint density at radius 2 is 1.67 bits per heavy atom. The SMILES string of the molecule is O=C[C@H](O)[C@H](O)C(O)(CO)CO. The Kier molecular flexibility index (Phi) is 4.29. The highest BCUT2D eigenvalue weighted by Gasteiger charge is 2.38. The van der Waals surface area contributed by atoms with Crippen molar-refractivity contribution in [1.82, 2.24) is 0 Å². The minimum Gasteiger partial charge on any atom is -0.393 e. The van der Waals surface area contributed by atoms with Gasteiger partial charge in [-0.1, -0.05) is 0 Å². The number of aliphatic hydroxyl groups excluding tert-OH is 4. The highest BCUT2D eigenvalue weighted by Crippen LogP contribution is 2.11. The van der Waals surface area contributed by atoms with E-state index in [1.165, 1.54) is 0 Å². The summed E-state index contributed by atoms with van der Waals surface area (Å²) >= 11 is 0. The lowest BCUT2D eigenvalue weighted by atomic mass is 9.95. The van der Waals surface area contributed by atoms with Crippen molar-refractivity contribution in [3.8, 4) is 0 Å². The molecule has 2 atom stereocenters. The summed E-state index contributed by atoms with van der Waals surface area (Å²) in [5, 5.41) is 43.8. The number of carbonyl (C=O) groups excluding carboxylic acids is 1. The number of hydrogen-bond acceptors (Lipinski definition) is 6. The highest BCUT2D eigenvalue weighted by atomic mass is 16.4. The third-order valence-corrected chi connectivity index (χ3v) is 1.56. The summed E-state index contributed by atoms with van der Waals surface area (Å²) in [4.78, 5) is 9.94. The highest BCUT2D eigenvalue weighted by molar-refractivity contribution is 5.57. The van der Waals surface area contributed by atoms with Crippen LogP contribution in [0.3, 0.4) is 0 Å². The molecule has 72 valence electrons. The number of hydrogen-bond donors (Lipinski definition) is 5. The van der Waals surface area contributed by atoms with Gasteiger partial charge in [-0.25, -0.2) is 0 Å². The molecule has 0 aliphatic heterocycles. The molecule has 0 fully saturated rings. The maximum absolute atomic E-state index is 9.94. The largest absolute Gasteiger partial charge is 0.393 e. The van der Waals surface area contributed by atoms with Crippen LogP contribution in [0.25, 0.3) is 0 Å². The van der Waals surface area contributed by atoms with Crippen molar-refractivity contribution in [1.29, 1.82) is 0 Å². The van der Waals surface area contributed by atoms with E-state index in [2.05, 4.69) is 0 Å². The summed E-state index contributed by atoms with van der Waals surface area (Å²) in [5.74, 6) is 0. The Morgan fingerprint density at radius 1 is 1.25 bits per heavy atom. The van der Waals surface area contributed by atoms with Gasteiger partial charge in [0.2, 0.25) is 0 Å². The Hall–Kier alpha value is -0.530. The van der Waals surface area contributed by atoms with Gasteiger partial charge in [-0.05, 0) is 0 Å². The molecular weight excluding hydrogens is 168 g/mol. The van der Waals surface area contributed by atoms with Gasteiger partial charge in [0.1, 0.15) is 17.8 Å². The quantitative estimate of drug-likeness (QED) is 0.282. The molecule has 0 aliphatic carbocycles. The summed E-state index contributed by atoms with van der Waals surface area (Å²) in [6, 6.07) is 0. The molecule has 0 bridgehead atoms. The predicted molar refractivity (Wildman–Crippen MR) is 37.2 cm³/mol. The summed E-state index contributed by atoms with van der Waals surface area (Å²) in [6.45, 7) is -1.90. The zero-order valence-corrected chi connectivity index (χ0v) is 6.29. The van der Waals surface area contributed by atoms with E-state index >= 15 is 0 Å². The molecule has 6 heteroatoms. The van der Waals surface area contributed by atoms with Crippen LogP contribution in [-0.4, -0.2) is 62.8 Å². The van der Waals surface area contributed by atoms with E-state index in [-0.39, 0.29) is 6.29 Å². The predicted octanol–water partition coefficient (Wildman–Crippen LogP) is -3.38. The second-order valence-electron chi connectivity index (χ2n) is 2.49. The molecule has 0 saturated carbocycles. The second kappa shape index (κ2) is 4.48. The molecule has 12 heavy (non-hydrogen) atoms. The van der Waals surface area contributed by atoms with E-state index in [1.807, 2.05) is 0 Å². The van der Waals surface area contributed by atoms with Crippen LogP contribution in [0.2, 0.25) is 0 Å². The van der Waals surface area contributed by atoms with Gasteiger partial charge < -0.3 is 30.3 Å². The maximum Gasteiger partial charge on any atom is 0.151 e. The van der Waals surface area contributed by atoms with Crippen LogP contribution in [0, 0.1) is 0 Å². The van der Waals surface area contributed by atoms with E-state index < -0.39 is 31.0 Å². The van der Waals surface area contributed by atoms with Crippen molar-refractivity contribution in [2.75, 3.05) is 13.2 Å². The third kappa shape index (κ3) is 2.23. The van der Waals surface area contributed by atoms with Gasteiger partial charge in [0.05, 0.1) is 13.2 Å². The smallest absolute Gasteiger partial charge is 0.151 e. The molecule has 0 saturated heterocycles. The Morgan fingerprint density at radius 3 is 1.92 bits per heavy atom. The summed E-state index contributed by atoms with van der Waals surface area (Å²) in [6.07, 6.45) is -3.72. The minimum absolute atomic E-state index is 0.000949. The van der Waals surface area contributed by atoms with Crippen molar-refractivity contribution in [3.05, 3.63) is 0 Å². The fourth-order valence-corrected chi connectivity index (χ4v) is 0.629. The summed E-state index contributed by atoms with van der Waals surface area (Å²) in [5.41, 5.74) is -2.25. The molecule has 0 aliphatic rings. The van der Waals surface area contributed by atoms with Crippen molar-refractivity contribution in [2.45, 2.75) is 17.8 Å². The van der Waals surface area contributed by atoms with Gasteiger partial charge in [-0.3, -0.25) is 0 Å². The van der Waals surface area contributed by atoms with Crippen molar-refractivity contribution < 1.29 is 30.3 Å². The Labute approximate surface area is 68.7 Å². The van der Waals surface area contributed by atoms with E-state index in [0.717, 1.165) is 0 Å². The first-order valence-electron chi connectivity index (χ1n) is 3.27. The van der Waals surface area contributed by atoms with Crippen LogP contribution in [0.5, 0.6) is 0 Å². The zero-order valence-electron chi connectivity index (χ0n) is 6.29. The van der Waals surface area contributed by atoms with E-state index in [1.54, 1.807) is 0 Å². The molecule has 0 amide bonds. The molecular formula is C6H12O6. The van der Waals surface area contributed by atoms with Crippen molar-refractivity contribution in [3.63, 3.8) is 0 Å². The monoisotopic (exact) mass is 180 g/mol. The van der Waals surface area contributed by atoms with Crippen LogP contribution >= 0.6 is 0 Å². The maximum atomic E-state index is 9.94. The normalized spacial score (nSPS) is 17.1. The summed E-state index contributed by atoms with van der Waals surface area (Å²) in [7, 11) is 0. The van der Waals surface area contributed by atoms with Gasteiger partial charge in [0.15, 0.2) is 6.29 Å². The molecule has 0 rings (SSSR count). The van der Waals surface area contributed by atoms with Gasteiger partial charge in [-0.2, -0.15) is 0 Å². The zero-order chi connectivity index (χ0) is 9.78. The molecule has 5 N–H and O–H groups in total. The molecule has 0 heterocycles. The lowest BCUT2D eigenvalue weighted by molar-refractivity contribution is -0.166. The molecule has 0 unspecified atom stereocenters. The standard InChI is InChI=1S/C6H12O6/c7-1-4(10)5(11)6(12,2-8)3-9/h1,4-5,8-12H,2-3H2/t4-,5-/m0/s1. The Balaban J connectivity index is 4.39. The minimum atomic E-state index is -2.25. The molecule has 0 aromatic heterocycles. The van der Waals surface area contributed by atoms with Crippen LogP contribution in [0.15, 0.2) is 0 Å². The average Bonchev–Trinajstić information content (AvgIpc) is 2.14.